The van der Waals surface area contributed by atoms with E-state index in [0.717, 1.165) is 19.5 Å². The molecule has 2 heterocycles. The van der Waals surface area contributed by atoms with Crippen LogP contribution in [0.25, 0.3) is 0 Å². The number of hydrogen-bond acceptors (Lipinski definition) is 4. The summed E-state index contributed by atoms with van der Waals surface area (Å²) in [6, 6.07) is 0.221. The van der Waals surface area contributed by atoms with Crippen molar-refractivity contribution in [2.75, 3.05) is 18.0 Å². The van der Waals surface area contributed by atoms with Crippen LogP contribution in [0.2, 0.25) is 0 Å². The maximum absolute atomic E-state index is 12.6. The summed E-state index contributed by atoms with van der Waals surface area (Å²) in [5, 5.41) is 0. The average Bonchev–Trinajstić information content (AvgIpc) is 2.40. The summed E-state index contributed by atoms with van der Waals surface area (Å²) < 4.78 is 1.76. The Morgan fingerprint density at radius 1 is 1.50 bits per heavy atom. The highest BCUT2D eigenvalue weighted by Crippen LogP contribution is 2.25. The van der Waals surface area contributed by atoms with Crippen LogP contribution in [0.15, 0.2) is 17.2 Å². The van der Waals surface area contributed by atoms with Crippen LogP contribution in [0.3, 0.4) is 0 Å². The Morgan fingerprint density at radius 2 is 2.25 bits per heavy atom. The summed E-state index contributed by atoms with van der Waals surface area (Å²) >= 11 is 0. The summed E-state index contributed by atoms with van der Waals surface area (Å²) in [7, 11) is 0. The standard InChI is InChI=1S/C15H26N4O/c1-11(2)10-18-8-6-17-14(15(18)20)19-7-4-5-12(3)13(19)9-16/h6,8,11-13H,4-5,7,9-10,16H2,1-3H3. The maximum atomic E-state index is 12.6. The smallest absolute Gasteiger partial charge is 0.293 e. The van der Waals surface area contributed by atoms with Crippen molar-refractivity contribution in [1.82, 2.24) is 9.55 Å². The zero-order valence-corrected chi connectivity index (χ0v) is 12.7. The number of nitrogens with two attached hydrogens (primary N) is 1. The molecule has 0 spiro atoms. The first-order valence-electron chi connectivity index (χ1n) is 7.56. The molecule has 0 aliphatic carbocycles. The Kier molecular flexibility index (Phi) is 4.81. The van der Waals surface area contributed by atoms with E-state index < -0.39 is 0 Å². The van der Waals surface area contributed by atoms with Crippen molar-refractivity contribution in [1.29, 1.82) is 0 Å². The second-order valence-electron chi connectivity index (χ2n) is 6.22. The molecule has 2 unspecified atom stereocenters. The highest BCUT2D eigenvalue weighted by molar-refractivity contribution is 5.38. The van der Waals surface area contributed by atoms with E-state index in [2.05, 4.69) is 30.7 Å². The summed E-state index contributed by atoms with van der Waals surface area (Å²) in [5.74, 6) is 1.51. The minimum Gasteiger partial charge on any atom is -0.348 e. The Balaban J connectivity index is 2.34. The number of piperidine rings is 1. The predicted molar refractivity (Wildman–Crippen MR) is 81.9 cm³/mol. The monoisotopic (exact) mass is 278 g/mol. The van der Waals surface area contributed by atoms with Crippen LogP contribution in [0, 0.1) is 11.8 Å². The van der Waals surface area contributed by atoms with Crippen molar-refractivity contribution in [3.05, 3.63) is 22.7 Å². The van der Waals surface area contributed by atoms with Crippen LogP contribution < -0.4 is 16.2 Å². The summed E-state index contributed by atoms with van der Waals surface area (Å²) in [6.07, 6.45) is 5.77. The van der Waals surface area contributed by atoms with Crippen molar-refractivity contribution < 1.29 is 0 Å². The van der Waals surface area contributed by atoms with Gasteiger partial charge in [-0.3, -0.25) is 4.79 Å². The van der Waals surface area contributed by atoms with Gasteiger partial charge in [0.1, 0.15) is 0 Å². The predicted octanol–water partition coefficient (Wildman–Crippen LogP) is 1.46. The molecule has 0 amide bonds. The van der Waals surface area contributed by atoms with Crippen LogP contribution in [0.1, 0.15) is 33.6 Å². The molecule has 5 nitrogen and oxygen atoms in total. The van der Waals surface area contributed by atoms with Gasteiger partial charge in [-0.2, -0.15) is 0 Å². The topological polar surface area (TPSA) is 64.2 Å². The van der Waals surface area contributed by atoms with Gasteiger partial charge in [0.15, 0.2) is 5.82 Å². The van der Waals surface area contributed by atoms with E-state index in [1.807, 2.05) is 0 Å². The first kappa shape index (κ1) is 15.0. The molecule has 1 aliphatic rings. The Bertz CT molecular complexity index is 497. The van der Waals surface area contributed by atoms with Gasteiger partial charge in [-0.05, 0) is 24.7 Å². The lowest BCUT2D eigenvalue weighted by atomic mass is 9.91. The Labute approximate surface area is 120 Å². The molecule has 1 aromatic heterocycles. The van der Waals surface area contributed by atoms with Gasteiger partial charge in [-0.15, -0.1) is 0 Å². The van der Waals surface area contributed by atoms with E-state index in [4.69, 9.17) is 5.73 Å². The first-order valence-corrected chi connectivity index (χ1v) is 7.56. The van der Waals surface area contributed by atoms with Crippen LogP contribution in [0.4, 0.5) is 5.82 Å². The van der Waals surface area contributed by atoms with E-state index in [-0.39, 0.29) is 11.6 Å². The number of anilines is 1. The summed E-state index contributed by atoms with van der Waals surface area (Å²) in [6.45, 7) is 8.60. The highest BCUT2D eigenvalue weighted by atomic mass is 16.1. The van der Waals surface area contributed by atoms with Crippen LogP contribution in [-0.4, -0.2) is 28.7 Å². The molecule has 1 aromatic rings. The van der Waals surface area contributed by atoms with Crippen molar-refractivity contribution in [2.24, 2.45) is 17.6 Å². The van der Waals surface area contributed by atoms with Gasteiger partial charge in [-0.25, -0.2) is 4.98 Å². The van der Waals surface area contributed by atoms with E-state index in [1.54, 1.807) is 17.0 Å². The second-order valence-corrected chi connectivity index (χ2v) is 6.22. The summed E-state index contributed by atoms with van der Waals surface area (Å²) in [4.78, 5) is 19.0. The second kappa shape index (κ2) is 6.39. The van der Waals surface area contributed by atoms with Gasteiger partial charge in [0.25, 0.3) is 5.56 Å². The number of hydrogen-bond donors (Lipinski definition) is 1. The molecule has 0 saturated carbocycles. The molecule has 2 atom stereocenters. The molecule has 0 radical (unpaired) electrons. The quantitative estimate of drug-likeness (QED) is 0.905. The van der Waals surface area contributed by atoms with E-state index >= 15 is 0 Å². The van der Waals surface area contributed by atoms with Gasteiger partial charge in [-0.1, -0.05) is 20.8 Å². The molecule has 1 aliphatic heterocycles. The van der Waals surface area contributed by atoms with E-state index in [9.17, 15) is 4.79 Å². The van der Waals surface area contributed by atoms with Crippen LogP contribution >= 0.6 is 0 Å². The lowest BCUT2D eigenvalue weighted by molar-refractivity contribution is 0.346. The number of rotatable bonds is 4. The van der Waals surface area contributed by atoms with Crippen molar-refractivity contribution in [2.45, 2.75) is 46.2 Å². The van der Waals surface area contributed by atoms with Gasteiger partial charge in [0.05, 0.1) is 0 Å². The molecule has 2 N–H and O–H groups in total. The SMILES string of the molecule is CC(C)Cn1ccnc(N2CCCC(C)C2CN)c1=O. The molecule has 0 aromatic carbocycles. The fourth-order valence-electron chi connectivity index (χ4n) is 3.04. The molecular weight excluding hydrogens is 252 g/mol. The lowest BCUT2D eigenvalue weighted by Gasteiger charge is -2.39. The van der Waals surface area contributed by atoms with E-state index in [1.165, 1.54) is 6.42 Å². The third kappa shape index (κ3) is 3.03. The van der Waals surface area contributed by atoms with Crippen molar-refractivity contribution >= 4 is 5.82 Å². The molecule has 112 valence electrons. The minimum absolute atomic E-state index is 0.00810. The van der Waals surface area contributed by atoms with Crippen molar-refractivity contribution in [3.8, 4) is 0 Å². The molecule has 5 heteroatoms. The maximum Gasteiger partial charge on any atom is 0.293 e. The number of nitrogens with zero attached hydrogens (tertiary/aromatic N) is 3. The average molecular weight is 278 g/mol. The Hall–Kier alpha value is -1.36. The molecule has 0 bridgehead atoms. The fourth-order valence-corrected chi connectivity index (χ4v) is 3.04. The largest absolute Gasteiger partial charge is 0.348 e. The first-order chi connectivity index (χ1) is 9.54. The van der Waals surface area contributed by atoms with E-state index in [0.29, 0.717) is 24.2 Å². The van der Waals surface area contributed by atoms with Gasteiger partial charge >= 0.3 is 0 Å². The van der Waals surface area contributed by atoms with Gasteiger partial charge in [0.2, 0.25) is 0 Å². The van der Waals surface area contributed by atoms with Crippen LogP contribution in [0.5, 0.6) is 0 Å². The zero-order chi connectivity index (χ0) is 14.7. The van der Waals surface area contributed by atoms with Crippen molar-refractivity contribution in [3.63, 3.8) is 0 Å². The van der Waals surface area contributed by atoms with Gasteiger partial charge in [0, 0.05) is 38.1 Å². The Morgan fingerprint density at radius 3 is 2.90 bits per heavy atom. The molecular formula is C15H26N4O. The third-order valence-corrected chi connectivity index (χ3v) is 4.09. The lowest BCUT2D eigenvalue weighted by Crippen LogP contribution is -2.51. The normalized spacial score (nSPS) is 23.4. The molecule has 20 heavy (non-hydrogen) atoms. The minimum atomic E-state index is 0.00810. The molecule has 1 fully saturated rings. The molecule has 1 saturated heterocycles. The summed E-state index contributed by atoms with van der Waals surface area (Å²) in [5.41, 5.74) is 5.92. The third-order valence-electron chi connectivity index (χ3n) is 4.09. The fraction of sp³-hybridized carbons (Fsp3) is 0.733. The zero-order valence-electron chi connectivity index (χ0n) is 12.7. The molecule has 2 rings (SSSR count). The number of aromatic nitrogens is 2. The van der Waals surface area contributed by atoms with Crippen LogP contribution in [-0.2, 0) is 6.54 Å². The highest BCUT2D eigenvalue weighted by Gasteiger charge is 2.30. The van der Waals surface area contributed by atoms with Gasteiger partial charge < -0.3 is 15.2 Å².